The van der Waals surface area contributed by atoms with Crippen LogP contribution in [0, 0.1) is 11.3 Å². The molecule has 0 saturated carbocycles. The van der Waals surface area contributed by atoms with Gasteiger partial charge in [-0.3, -0.25) is 9.59 Å². The zero-order valence-electron chi connectivity index (χ0n) is 13.3. The largest absolute Gasteiger partial charge is 0.478 e. The van der Waals surface area contributed by atoms with Gasteiger partial charge in [-0.05, 0) is 41.8 Å². The smallest absolute Gasteiger partial charge is 0.335 e. The molecule has 2 amide bonds. The van der Waals surface area contributed by atoms with Crippen molar-refractivity contribution in [3.63, 3.8) is 0 Å². The topological polar surface area (TPSA) is 98.5 Å². The van der Waals surface area contributed by atoms with Gasteiger partial charge in [-0.1, -0.05) is 18.2 Å². The van der Waals surface area contributed by atoms with Crippen molar-refractivity contribution < 1.29 is 19.5 Å². The van der Waals surface area contributed by atoms with Crippen molar-refractivity contribution in [3.05, 3.63) is 76.9 Å². The average Bonchev–Trinajstić information content (AvgIpc) is 2.65. The molecule has 26 heavy (non-hydrogen) atoms. The molecule has 1 heterocycles. The minimum absolute atomic E-state index is 0.0297. The van der Waals surface area contributed by atoms with E-state index in [-0.39, 0.29) is 16.8 Å². The molecule has 0 aliphatic carbocycles. The van der Waals surface area contributed by atoms with Crippen molar-refractivity contribution in [2.45, 2.75) is 0 Å². The Morgan fingerprint density at radius 3 is 2.42 bits per heavy atom. The molecule has 3 aromatic carbocycles. The van der Waals surface area contributed by atoms with E-state index in [0.29, 0.717) is 21.9 Å². The lowest BCUT2D eigenvalue weighted by atomic mass is 9.92. The van der Waals surface area contributed by atoms with Gasteiger partial charge in [0, 0.05) is 10.9 Å². The third-order valence-electron chi connectivity index (χ3n) is 4.32. The van der Waals surface area contributed by atoms with Crippen LogP contribution < -0.4 is 4.90 Å². The molecule has 0 saturated heterocycles. The highest BCUT2D eigenvalue weighted by Gasteiger charge is 2.34. The molecule has 0 aromatic heterocycles. The number of carbonyl (C=O) groups is 3. The predicted octanol–water partition coefficient (Wildman–Crippen LogP) is 3.21. The van der Waals surface area contributed by atoms with Crippen molar-refractivity contribution in [2.75, 3.05) is 4.90 Å². The van der Waals surface area contributed by atoms with Gasteiger partial charge in [-0.15, -0.1) is 0 Å². The lowest BCUT2D eigenvalue weighted by Gasteiger charge is -2.27. The summed E-state index contributed by atoms with van der Waals surface area (Å²) in [6.45, 7) is 0. The van der Waals surface area contributed by atoms with Crippen LogP contribution in [0.5, 0.6) is 0 Å². The summed E-state index contributed by atoms with van der Waals surface area (Å²) in [6, 6.07) is 15.8. The molecule has 0 unspecified atom stereocenters. The fourth-order valence-corrected chi connectivity index (χ4v) is 3.19. The lowest BCUT2D eigenvalue weighted by molar-refractivity contribution is 0.0695. The second kappa shape index (κ2) is 5.53. The number of nitrogens with zero attached hydrogens (tertiary/aromatic N) is 2. The highest BCUT2D eigenvalue weighted by atomic mass is 16.4. The predicted molar refractivity (Wildman–Crippen MR) is 93.2 cm³/mol. The molecule has 1 aliphatic rings. The van der Waals surface area contributed by atoms with Gasteiger partial charge in [0.1, 0.15) is 0 Å². The monoisotopic (exact) mass is 342 g/mol. The fraction of sp³-hybridized carbons (Fsp3) is 0. The van der Waals surface area contributed by atoms with Crippen molar-refractivity contribution in [1.82, 2.24) is 0 Å². The molecule has 0 fully saturated rings. The third-order valence-corrected chi connectivity index (χ3v) is 4.32. The number of nitriles is 1. The maximum absolute atomic E-state index is 13.0. The number of anilines is 1. The minimum Gasteiger partial charge on any atom is -0.478 e. The second-order valence-corrected chi connectivity index (χ2v) is 5.84. The van der Waals surface area contributed by atoms with Gasteiger partial charge >= 0.3 is 5.97 Å². The van der Waals surface area contributed by atoms with Crippen LogP contribution in [0.15, 0.2) is 54.6 Å². The summed E-state index contributed by atoms with van der Waals surface area (Å²) in [7, 11) is 0. The van der Waals surface area contributed by atoms with Crippen LogP contribution in [0.4, 0.5) is 5.69 Å². The summed E-state index contributed by atoms with van der Waals surface area (Å²) < 4.78 is 0. The van der Waals surface area contributed by atoms with E-state index >= 15 is 0 Å². The number of rotatable bonds is 2. The second-order valence-electron chi connectivity index (χ2n) is 5.84. The Morgan fingerprint density at radius 1 is 0.962 bits per heavy atom. The van der Waals surface area contributed by atoms with Crippen molar-refractivity contribution in [1.29, 1.82) is 5.26 Å². The quantitative estimate of drug-likeness (QED) is 0.721. The van der Waals surface area contributed by atoms with E-state index in [1.165, 1.54) is 30.3 Å². The van der Waals surface area contributed by atoms with Gasteiger partial charge in [-0.2, -0.15) is 5.26 Å². The van der Waals surface area contributed by atoms with Crippen LogP contribution in [-0.4, -0.2) is 22.9 Å². The van der Waals surface area contributed by atoms with Crippen molar-refractivity contribution in [2.24, 2.45) is 0 Å². The van der Waals surface area contributed by atoms with E-state index in [1.807, 2.05) is 6.07 Å². The SMILES string of the molecule is N#Cc1cc2c3c(cccc3c1)C(=O)N(c1cccc(C(=O)O)c1)C2=O. The summed E-state index contributed by atoms with van der Waals surface area (Å²) in [5, 5.41) is 19.5. The van der Waals surface area contributed by atoms with Gasteiger partial charge in [0.05, 0.1) is 28.4 Å². The zero-order valence-corrected chi connectivity index (χ0v) is 13.3. The first-order chi connectivity index (χ1) is 12.5. The maximum atomic E-state index is 13.0. The third kappa shape index (κ3) is 2.15. The number of benzene rings is 3. The summed E-state index contributed by atoms with van der Waals surface area (Å²) in [6.07, 6.45) is 0. The average molecular weight is 342 g/mol. The highest BCUT2D eigenvalue weighted by Crippen LogP contribution is 2.33. The fourth-order valence-electron chi connectivity index (χ4n) is 3.19. The number of carbonyl (C=O) groups excluding carboxylic acids is 2. The Kier molecular flexibility index (Phi) is 3.31. The molecule has 4 rings (SSSR count). The van der Waals surface area contributed by atoms with Gasteiger partial charge < -0.3 is 5.11 Å². The Bertz CT molecular complexity index is 1170. The molecule has 0 atom stereocenters. The number of carboxylic acids is 1. The number of amides is 2. The Hall–Kier alpha value is -3.98. The first-order valence-corrected chi connectivity index (χ1v) is 7.70. The van der Waals surface area contributed by atoms with E-state index in [9.17, 15) is 19.6 Å². The van der Waals surface area contributed by atoms with Gasteiger partial charge in [0.2, 0.25) is 0 Å². The van der Waals surface area contributed by atoms with E-state index in [2.05, 4.69) is 0 Å². The van der Waals surface area contributed by atoms with Crippen LogP contribution >= 0.6 is 0 Å². The zero-order chi connectivity index (χ0) is 18.4. The first kappa shape index (κ1) is 15.5. The van der Waals surface area contributed by atoms with E-state index in [0.717, 1.165) is 4.90 Å². The Labute approximate surface area is 147 Å². The molecule has 0 bridgehead atoms. The number of imide groups is 1. The minimum atomic E-state index is -1.15. The normalized spacial score (nSPS) is 13.0. The van der Waals surface area contributed by atoms with Crippen LogP contribution in [0.3, 0.4) is 0 Å². The standard InChI is InChI=1S/C20H10N2O4/c21-10-11-7-12-3-2-6-15-17(12)16(8-11)19(24)22(18(15)23)14-5-1-4-13(9-14)20(25)26/h1-9H,(H,25,26). The van der Waals surface area contributed by atoms with Crippen molar-refractivity contribution >= 4 is 34.2 Å². The van der Waals surface area contributed by atoms with E-state index in [1.54, 1.807) is 24.3 Å². The summed E-state index contributed by atoms with van der Waals surface area (Å²) >= 11 is 0. The number of aromatic carboxylic acids is 1. The Balaban J connectivity index is 1.98. The number of hydrogen-bond donors (Lipinski definition) is 1. The van der Waals surface area contributed by atoms with Crippen LogP contribution in [-0.2, 0) is 0 Å². The molecule has 124 valence electrons. The summed E-state index contributed by atoms with van der Waals surface area (Å²) in [5.41, 5.74) is 1.03. The molecule has 6 heteroatoms. The maximum Gasteiger partial charge on any atom is 0.335 e. The molecule has 1 aliphatic heterocycles. The molecule has 3 aromatic rings. The Morgan fingerprint density at radius 2 is 1.69 bits per heavy atom. The van der Waals surface area contributed by atoms with Crippen LogP contribution in [0.2, 0.25) is 0 Å². The van der Waals surface area contributed by atoms with E-state index < -0.39 is 17.8 Å². The van der Waals surface area contributed by atoms with Gasteiger partial charge in [0.15, 0.2) is 0 Å². The summed E-state index contributed by atoms with van der Waals surface area (Å²) in [4.78, 5) is 38.1. The van der Waals surface area contributed by atoms with Crippen LogP contribution in [0.1, 0.15) is 36.6 Å². The first-order valence-electron chi connectivity index (χ1n) is 7.70. The lowest BCUT2D eigenvalue weighted by Crippen LogP contribution is -2.40. The molecule has 6 nitrogen and oxygen atoms in total. The molecule has 0 radical (unpaired) electrons. The van der Waals surface area contributed by atoms with Crippen molar-refractivity contribution in [3.8, 4) is 6.07 Å². The van der Waals surface area contributed by atoms with E-state index in [4.69, 9.17) is 5.11 Å². The highest BCUT2D eigenvalue weighted by molar-refractivity contribution is 6.36. The van der Waals surface area contributed by atoms with Gasteiger partial charge in [-0.25, -0.2) is 9.69 Å². The molecular formula is C20H10N2O4. The van der Waals surface area contributed by atoms with Gasteiger partial charge in [0.25, 0.3) is 11.8 Å². The number of hydrogen-bond acceptors (Lipinski definition) is 4. The summed E-state index contributed by atoms with van der Waals surface area (Å²) in [5.74, 6) is -2.27. The molecule has 0 spiro atoms. The number of carboxylic acid groups (broad SMARTS) is 1. The molecular weight excluding hydrogens is 332 g/mol. The molecule has 1 N–H and O–H groups in total. The van der Waals surface area contributed by atoms with Crippen LogP contribution in [0.25, 0.3) is 10.8 Å².